The summed E-state index contributed by atoms with van der Waals surface area (Å²) in [7, 11) is -4.64. The molecule has 0 aromatic heterocycles. The number of rotatable bonds is 0. The van der Waals surface area contributed by atoms with Gasteiger partial charge in [0.2, 0.25) is 0 Å². The van der Waals surface area contributed by atoms with E-state index in [9.17, 15) is 0 Å². The summed E-state index contributed by atoms with van der Waals surface area (Å²) < 4.78 is 8.88. The van der Waals surface area contributed by atoms with E-state index in [-0.39, 0.29) is 67.3 Å². The van der Waals surface area contributed by atoms with Gasteiger partial charge in [-0.25, -0.2) is 4.57 Å². The second-order valence-electron chi connectivity index (χ2n) is 0.513. The molecular formula is H3Li2NaO4P. The normalized spacial score (nSPS) is 7.38. The topological polar surface area (TPSA) is 77.8 Å². The van der Waals surface area contributed by atoms with E-state index in [0.29, 0.717) is 0 Å². The molecule has 0 saturated carbocycles. The van der Waals surface area contributed by atoms with Crippen molar-refractivity contribution in [2.24, 2.45) is 0 Å². The van der Waals surface area contributed by atoms with Gasteiger partial charge in [-0.05, 0) is 0 Å². The van der Waals surface area contributed by atoms with Crippen LogP contribution in [0.5, 0.6) is 0 Å². The van der Waals surface area contributed by atoms with Crippen LogP contribution in [0.4, 0.5) is 0 Å². The molecule has 3 N–H and O–H groups in total. The number of hydrogen-bond acceptors (Lipinski definition) is 1. The SMILES string of the molecule is O=P(O)(O)O.[Li].[Li].[Na]. The van der Waals surface area contributed by atoms with Gasteiger partial charge >= 0.3 is 7.82 Å². The monoisotopic (exact) mass is 135 g/mol. The van der Waals surface area contributed by atoms with Gasteiger partial charge < -0.3 is 14.7 Å². The zero-order chi connectivity index (χ0) is 4.50. The summed E-state index contributed by atoms with van der Waals surface area (Å²) in [5, 5.41) is 0. The quantitative estimate of drug-likeness (QED) is 0.263. The van der Waals surface area contributed by atoms with E-state index in [2.05, 4.69) is 0 Å². The maximum absolute atomic E-state index is 8.88. The molecule has 0 aliphatic carbocycles. The van der Waals surface area contributed by atoms with E-state index in [1.807, 2.05) is 0 Å². The minimum atomic E-state index is -4.64. The summed E-state index contributed by atoms with van der Waals surface area (Å²) in [6, 6.07) is 0. The van der Waals surface area contributed by atoms with Crippen molar-refractivity contribution in [1.29, 1.82) is 0 Å². The molecule has 0 aromatic rings. The first-order valence-corrected chi connectivity index (χ1v) is 2.35. The standard InChI is InChI=1S/2Li.Na.H3O4P/c;;;1-5(2,3)4/h;;;(H3,1,2,3,4). The Morgan fingerprint density at radius 2 is 1.00 bits per heavy atom. The van der Waals surface area contributed by atoms with Crippen LogP contribution in [0.2, 0.25) is 0 Å². The van der Waals surface area contributed by atoms with Gasteiger partial charge in [0.05, 0.1) is 0 Å². The van der Waals surface area contributed by atoms with Gasteiger partial charge in [-0.3, -0.25) is 0 Å². The maximum Gasteiger partial charge on any atom is 0.466 e. The van der Waals surface area contributed by atoms with Gasteiger partial charge in [0.25, 0.3) is 0 Å². The van der Waals surface area contributed by atoms with E-state index >= 15 is 0 Å². The Morgan fingerprint density at radius 1 is 1.00 bits per heavy atom. The van der Waals surface area contributed by atoms with Crippen molar-refractivity contribution in [3.05, 3.63) is 0 Å². The van der Waals surface area contributed by atoms with Crippen molar-refractivity contribution >= 4 is 75.1 Å². The average Bonchev–Trinajstić information content (AvgIpc) is 0.722. The Hall–Kier alpha value is 2.30. The van der Waals surface area contributed by atoms with Crippen molar-refractivity contribution < 1.29 is 19.2 Å². The van der Waals surface area contributed by atoms with E-state index in [1.165, 1.54) is 0 Å². The van der Waals surface area contributed by atoms with E-state index in [4.69, 9.17) is 19.2 Å². The predicted octanol–water partition coefficient (Wildman–Crippen LogP) is -2.07. The Labute approximate surface area is 93.3 Å². The van der Waals surface area contributed by atoms with Gasteiger partial charge in [-0.15, -0.1) is 0 Å². The Kier molecular flexibility index (Phi) is 26.1. The minimum Gasteiger partial charge on any atom is -0.303 e. The van der Waals surface area contributed by atoms with Crippen LogP contribution in [0.15, 0.2) is 0 Å². The van der Waals surface area contributed by atoms with Gasteiger partial charge in [0.15, 0.2) is 0 Å². The number of phosphoric acid groups is 1. The molecule has 0 fully saturated rings. The fourth-order valence-corrected chi connectivity index (χ4v) is 0. The van der Waals surface area contributed by atoms with Crippen LogP contribution in [0.1, 0.15) is 0 Å². The zero-order valence-corrected chi connectivity index (χ0v) is 8.09. The molecule has 0 heterocycles. The largest absolute Gasteiger partial charge is 0.466 e. The summed E-state index contributed by atoms with van der Waals surface area (Å²) in [6.07, 6.45) is 0. The van der Waals surface area contributed by atoms with Crippen LogP contribution in [-0.2, 0) is 4.57 Å². The molecule has 0 spiro atoms. The molecular weight excluding hydrogens is 132 g/mol. The molecule has 8 heavy (non-hydrogen) atoms. The van der Waals surface area contributed by atoms with E-state index in [0.717, 1.165) is 0 Å². The molecule has 0 aromatic carbocycles. The molecule has 0 saturated heterocycles. The average molecular weight is 135 g/mol. The van der Waals surface area contributed by atoms with Gasteiger partial charge in [0, 0.05) is 67.3 Å². The minimum absolute atomic E-state index is 0. The molecule has 8 heteroatoms. The Balaban J connectivity index is -0.0000000267. The van der Waals surface area contributed by atoms with E-state index in [1.54, 1.807) is 0 Å². The third-order valence-electron chi connectivity index (χ3n) is 0. The molecule has 3 radical (unpaired) electrons. The van der Waals surface area contributed by atoms with Crippen molar-refractivity contribution in [3.63, 3.8) is 0 Å². The van der Waals surface area contributed by atoms with Crippen LogP contribution < -0.4 is 0 Å². The van der Waals surface area contributed by atoms with Crippen LogP contribution in [0.3, 0.4) is 0 Å². The summed E-state index contributed by atoms with van der Waals surface area (Å²) in [5.74, 6) is 0. The van der Waals surface area contributed by atoms with Crippen molar-refractivity contribution in [2.75, 3.05) is 0 Å². The van der Waals surface area contributed by atoms with Crippen LogP contribution in [0.25, 0.3) is 0 Å². The molecule has 0 amide bonds. The maximum atomic E-state index is 8.88. The molecule has 35 valence electrons. The summed E-state index contributed by atoms with van der Waals surface area (Å²) in [4.78, 5) is 21.6. The third-order valence-corrected chi connectivity index (χ3v) is 0. The smallest absolute Gasteiger partial charge is 0.303 e. The fourth-order valence-electron chi connectivity index (χ4n) is 0. The van der Waals surface area contributed by atoms with Gasteiger partial charge in [-0.1, -0.05) is 0 Å². The van der Waals surface area contributed by atoms with Crippen molar-refractivity contribution in [3.8, 4) is 0 Å². The first-order valence-electron chi connectivity index (χ1n) is 0.783. The van der Waals surface area contributed by atoms with Gasteiger partial charge in [-0.2, -0.15) is 0 Å². The van der Waals surface area contributed by atoms with Crippen LogP contribution in [-0.4, -0.2) is 82.0 Å². The van der Waals surface area contributed by atoms with Gasteiger partial charge in [0.1, 0.15) is 0 Å². The Morgan fingerprint density at radius 3 is 1.00 bits per heavy atom. The van der Waals surface area contributed by atoms with Crippen LogP contribution >= 0.6 is 7.82 Å². The molecule has 0 aliphatic rings. The second kappa shape index (κ2) is 9.30. The molecule has 0 bridgehead atoms. The predicted molar refractivity (Wildman–Crippen MR) is 31.5 cm³/mol. The Bertz CT molecular complexity index is 60.2. The van der Waals surface area contributed by atoms with Crippen molar-refractivity contribution in [2.45, 2.75) is 0 Å². The fraction of sp³-hybridized carbons (Fsp3) is 0. The summed E-state index contributed by atoms with van der Waals surface area (Å²) >= 11 is 0. The molecule has 4 nitrogen and oxygen atoms in total. The summed E-state index contributed by atoms with van der Waals surface area (Å²) in [6.45, 7) is 0. The summed E-state index contributed by atoms with van der Waals surface area (Å²) in [5.41, 5.74) is 0. The zero-order valence-electron chi connectivity index (χ0n) is 5.20. The molecule has 0 atom stereocenters. The number of hydrogen-bond donors (Lipinski definition) is 3. The molecule has 0 unspecified atom stereocenters. The molecule has 0 rings (SSSR count). The van der Waals surface area contributed by atoms with Crippen LogP contribution in [0, 0.1) is 0 Å². The first kappa shape index (κ1) is 22.4. The van der Waals surface area contributed by atoms with Crippen molar-refractivity contribution in [1.82, 2.24) is 0 Å². The molecule has 0 aliphatic heterocycles. The first-order chi connectivity index (χ1) is 2.00. The van der Waals surface area contributed by atoms with E-state index < -0.39 is 7.82 Å². The third kappa shape index (κ3) is 83.4. The second-order valence-corrected chi connectivity index (χ2v) is 1.54.